The fourth-order valence-corrected chi connectivity index (χ4v) is 5.44. The largest absolute Gasteiger partial charge is 0.497 e. The molecule has 1 aliphatic heterocycles. The predicted molar refractivity (Wildman–Crippen MR) is 127 cm³/mol. The Morgan fingerprint density at radius 1 is 0.903 bits per heavy atom. The Kier molecular flexibility index (Phi) is 7.65. The van der Waals surface area contributed by atoms with Crippen molar-refractivity contribution in [1.29, 1.82) is 0 Å². The Balaban J connectivity index is 1.36. The molecule has 4 heteroatoms. The van der Waals surface area contributed by atoms with Crippen LogP contribution in [-0.2, 0) is 6.54 Å². The van der Waals surface area contributed by atoms with Gasteiger partial charge in [0.15, 0.2) is 0 Å². The van der Waals surface area contributed by atoms with Crippen LogP contribution >= 0.6 is 0 Å². The molecule has 2 aliphatic rings. The number of hydrogen-bond acceptors (Lipinski definition) is 4. The second-order valence-corrected chi connectivity index (χ2v) is 9.39. The maximum Gasteiger partial charge on any atom is 0.119 e. The number of aliphatic hydroxyl groups is 1. The molecule has 0 aromatic heterocycles. The zero-order chi connectivity index (χ0) is 21.5. The van der Waals surface area contributed by atoms with E-state index in [-0.39, 0.29) is 5.92 Å². The summed E-state index contributed by atoms with van der Waals surface area (Å²) in [5.74, 6) is 1.06. The van der Waals surface area contributed by atoms with Gasteiger partial charge in [0.2, 0.25) is 0 Å². The third-order valence-corrected chi connectivity index (χ3v) is 7.31. The van der Waals surface area contributed by atoms with E-state index in [1.165, 1.54) is 17.5 Å². The summed E-state index contributed by atoms with van der Waals surface area (Å²) in [6.45, 7) is 6.53. The van der Waals surface area contributed by atoms with E-state index in [4.69, 9.17) is 4.74 Å². The quantitative estimate of drug-likeness (QED) is 0.670. The minimum Gasteiger partial charge on any atom is -0.497 e. The molecule has 0 radical (unpaired) electrons. The number of hydrogen-bond donors (Lipinski definition) is 1. The lowest BCUT2D eigenvalue weighted by molar-refractivity contribution is -0.0273. The van der Waals surface area contributed by atoms with Gasteiger partial charge in [-0.15, -0.1) is 0 Å². The topological polar surface area (TPSA) is 35.9 Å². The van der Waals surface area contributed by atoms with Gasteiger partial charge in [-0.05, 0) is 49.1 Å². The Morgan fingerprint density at radius 2 is 1.61 bits per heavy atom. The highest BCUT2D eigenvalue weighted by Crippen LogP contribution is 2.42. The van der Waals surface area contributed by atoms with Gasteiger partial charge in [0.05, 0.1) is 12.7 Å². The van der Waals surface area contributed by atoms with Crippen molar-refractivity contribution >= 4 is 0 Å². The fraction of sp³-hybridized carbons (Fsp3) is 0.556. The summed E-state index contributed by atoms with van der Waals surface area (Å²) >= 11 is 0. The van der Waals surface area contributed by atoms with E-state index in [9.17, 15) is 5.11 Å². The molecule has 2 aromatic carbocycles. The molecule has 1 atom stereocenters. The number of benzene rings is 2. The van der Waals surface area contributed by atoms with Crippen molar-refractivity contribution in [2.24, 2.45) is 0 Å². The van der Waals surface area contributed by atoms with Crippen LogP contribution in [0.15, 0.2) is 54.6 Å². The number of ether oxygens (including phenoxy) is 1. The van der Waals surface area contributed by atoms with E-state index < -0.39 is 5.60 Å². The first-order valence-electron chi connectivity index (χ1n) is 12.0. The van der Waals surface area contributed by atoms with Crippen LogP contribution in [-0.4, -0.2) is 60.3 Å². The molecule has 31 heavy (non-hydrogen) atoms. The fourth-order valence-electron chi connectivity index (χ4n) is 5.44. The highest BCUT2D eigenvalue weighted by Gasteiger charge is 2.38. The van der Waals surface area contributed by atoms with Crippen LogP contribution in [0.2, 0.25) is 0 Å². The number of methoxy groups -OCH3 is 1. The van der Waals surface area contributed by atoms with Crippen molar-refractivity contribution in [3.05, 3.63) is 65.7 Å². The van der Waals surface area contributed by atoms with Crippen molar-refractivity contribution in [3.8, 4) is 5.75 Å². The first kappa shape index (κ1) is 22.3. The van der Waals surface area contributed by atoms with Crippen molar-refractivity contribution in [2.75, 3.05) is 39.8 Å². The van der Waals surface area contributed by atoms with E-state index >= 15 is 0 Å². The summed E-state index contributed by atoms with van der Waals surface area (Å²) in [4.78, 5) is 5.14. The first-order valence-corrected chi connectivity index (χ1v) is 12.0. The molecule has 1 saturated heterocycles. The molecule has 1 heterocycles. The minimum atomic E-state index is -0.584. The molecule has 1 aliphatic carbocycles. The molecule has 0 amide bonds. The molecule has 0 bridgehead atoms. The Labute approximate surface area is 187 Å². The molecule has 1 N–H and O–H groups in total. The van der Waals surface area contributed by atoms with Gasteiger partial charge in [0.25, 0.3) is 0 Å². The molecule has 4 nitrogen and oxygen atoms in total. The van der Waals surface area contributed by atoms with E-state index in [2.05, 4.69) is 58.3 Å². The standard InChI is InChI=1S/C27H38N2O2/c1-31-25-12-8-11-24(21-25)26(27(30)14-6-3-7-15-27)13-16-28-17-19-29(20-18-28)22-23-9-4-2-5-10-23/h2,4-5,8-12,21,26,30H,3,6-7,13-20,22H2,1H3. The second-order valence-electron chi connectivity index (χ2n) is 9.39. The lowest BCUT2D eigenvalue weighted by Gasteiger charge is -2.41. The van der Waals surface area contributed by atoms with Gasteiger partial charge in [-0.3, -0.25) is 4.90 Å². The molecule has 168 valence electrons. The van der Waals surface area contributed by atoms with Gasteiger partial charge < -0.3 is 14.7 Å². The minimum absolute atomic E-state index is 0.172. The SMILES string of the molecule is COc1cccc(C(CCN2CCN(Cc3ccccc3)CC2)C2(O)CCCCC2)c1. The highest BCUT2D eigenvalue weighted by molar-refractivity contribution is 5.32. The van der Waals surface area contributed by atoms with Crippen LogP contribution in [0.4, 0.5) is 0 Å². The number of nitrogens with zero attached hydrogens (tertiary/aromatic N) is 2. The summed E-state index contributed by atoms with van der Waals surface area (Å²) in [5, 5.41) is 11.6. The third-order valence-electron chi connectivity index (χ3n) is 7.31. The molecule has 4 rings (SSSR count). The monoisotopic (exact) mass is 422 g/mol. The summed E-state index contributed by atoms with van der Waals surface area (Å²) in [6, 6.07) is 19.1. The van der Waals surface area contributed by atoms with Crippen molar-refractivity contribution in [2.45, 2.75) is 56.6 Å². The summed E-state index contributed by atoms with van der Waals surface area (Å²) in [5.41, 5.74) is 2.04. The number of rotatable bonds is 8. The zero-order valence-corrected chi connectivity index (χ0v) is 19.0. The summed E-state index contributed by atoms with van der Waals surface area (Å²) in [6.07, 6.45) is 6.35. The Hall–Kier alpha value is -1.88. The molecule has 1 unspecified atom stereocenters. The number of piperazine rings is 1. The van der Waals surface area contributed by atoms with Crippen LogP contribution in [0, 0.1) is 0 Å². The van der Waals surface area contributed by atoms with E-state index in [0.717, 1.165) is 77.1 Å². The van der Waals surface area contributed by atoms with Gasteiger partial charge in [0, 0.05) is 38.6 Å². The van der Waals surface area contributed by atoms with Crippen LogP contribution < -0.4 is 4.74 Å². The molecule has 2 fully saturated rings. The van der Waals surface area contributed by atoms with Crippen LogP contribution in [0.1, 0.15) is 55.6 Å². The van der Waals surface area contributed by atoms with Crippen LogP contribution in [0.5, 0.6) is 5.75 Å². The second kappa shape index (κ2) is 10.6. The molecular formula is C27H38N2O2. The van der Waals surface area contributed by atoms with Crippen molar-refractivity contribution in [1.82, 2.24) is 9.80 Å². The first-order chi connectivity index (χ1) is 15.2. The average molecular weight is 423 g/mol. The van der Waals surface area contributed by atoms with E-state index in [1.54, 1.807) is 7.11 Å². The van der Waals surface area contributed by atoms with Crippen LogP contribution in [0.3, 0.4) is 0 Å². The summed E-state index contributed by atoms with van der Waals surface area (Å²) < 4.78 is 5.48. The molecular weight excluding hydrogens is 384 g/mol. The van der Waals surface area contributed by atoms with Crippen molar-refractivity contribution < 1.29 is 9.84 Å². The molecule has 0 spiro atoms. The Bertz CT molecular complexity index is 796. The van der Waals surface area contributed by atoms with E-state index in [0.29, 0.717) is 0 Å². The average Bonchev–Trinajstić information content (AvgIpc) is 2.81. The smallest absolute Gasteiger partial charge is 0.119 e. The molecule has 2 aromatic rings. The van der Waals surface area contributed by atoms with E-state index in [1.807, 2.05) is 6.07 Å². The van der Waals surface area contributed by atoms with Crippen molar-refractivity contribution in [3.63, 3.8) is 0 Å². The van der Waals surface area contributed by atoms with Gasteiger partial charge in [-0.1, -0.05) is 61.7 Å². The zero-order valence-electron chi connectivity index (χ0n) is 19.0. The Morgan fingerprint density at radius 3 is 2.32 bits per heavy atom. The van der Waals surface area contributed by atoms with Crippen LogP contribution in [0.25, 0.3) is 0 Å². The highest BCUT2D eigenvalue weighted by atomic mass is 16.5. The lowest BCUT2D eigenvalue weighted by atomic mass is 9.71. The third kappa shape index (κ3) is 5.88. The maximum atomic E-state index is 11.6. The predicted octanol–water partition coefficient (Wildman–Crippen LogP) is 4.68. The van der Waals surface area contributed by atoms with Gasteiger partial charge >= 0.3 is 0 Å². The van der Waals surface area contributed by atoms with Gasteiger partial charge in [-0.2, -0.15) is 0 Å². The summed E-state index contributed by atoms with van der Waals surface area (Å²) in [7, 11) is 1.72. The van der Waals surface area contributed by atoms with Gasteiger partial charge in [-0.25, -0.2) is 0 Å². The van der Waals surface area contributed by atoms with Gasteiger partial charge in [0.1, 0.15) is 5.75 Å². The normalized spacial score (nSPS) is 21.0. The molecule has 1 saturated carbocycles. The maximum absolute atomic E-state index is 11.6. The lowest BCUT2D eigenvalue weighted by Crippen LogP contribution is -2.47.